The minimum absolute atomic E-state index is 0.000946. The second-order valence-corrected chi connectivity index (χ2v) is 5.79. The lowest BCUT2D eigenvalue weighted by Crippen LogP contribution is -2.07. The number of halogens is 6. The highest BCUT2D eigenvalue weighted by atomic mass is 19.4. The van der Waals surface area contributed by atoms with Crippen LogP contribution in [0.25, 0.3) is 11.3 Å². The Bertz CT molecular complexity index is 1030. The summed E-state index contributed by atoms with van der Waals surface area (Å²) in [6, 6.07) is 4.94. The van der Waals surface area contributed by atoms with E-state index in [2.05, 4.69) is 0 Å². The Kier molecular flexibility index (Phi) is 4.93. The monoisotopic (exact) mass is 400 g/mol. The molecule has 1 heterocycles. The number of aryl methyl sites for hydroxylation is 1. The van der Waals surface area contributed by atoms with E-state index in [-0.39, 0.29) is 29.2 Å². The first-order chi connectivity index (χ1) is 13.1. The van der Waals surface area contributed by atoms with Crippen molar-refractivity contribution in [2.45, 2.75) is 13.1 Å². The highest BCUT2D eigenvalue weighted by Crippen LogP contribution is 2.38. The zero-order chi connectivity index (χ0) is 20.6. The van der Waals surface area contributed by atoms with Gasteiger partial charge in [-0.05, 0) is 48.9 Å². The number of furan rings is 1. The van der Waals surface area contributed by atoms with Crippen LogP contribution in [0.5, 0.6) is 11.5 Å². The van der Waals surface area contributed by atoms with Crippen LogP contribution in [0.2, 0.25) is 0 Å². The number of rotatable bonds is 4. The highest BCUT2D eigenvalue weighted by molar-refractivity contribution is 5.74. The summed E-state index contributed by atoms with van der Waals surface area (Å²) in [6.07, 6.45) is -4.51. The average Bonchev–Trinajstić information content (AvgIpc) is 3.07. The van der Waals surface area contributed by atoms with Crippen molar-refractivity contribution < 1.29 is 40.3 Å². The lowest BCUT2D eigenvalue weighted by atomic mass is 10.1. The molecule has 146 valence electrons. The Morgan fingerprint density at radius 2 is 1.61 bits per heavy atom. The average molecular weight is 400 g/mol. The molecule has 0 spiro atoms. The van der Waals surface area contributed by atoms with E-state index in [1.165, 1.54) is 19.1 Å². The maximum atomic E-state index is 14.2. The van der Waals surface area contributed by atoms with Gasteiger partial charge in [0.15, 0.2) is 41.0 Å². The molecule has 2 aromatic carbocycles. The van der Waals surface area contributed by atoms with Gasteiger partial charge in [0.2, 0.25) is 0 Å². The molecule has 1 aromatic heterocycles. The molecule has 0 saturated carbocycles. The van der Waals surface area contributed by atoms with Gasteiger partial charge in [0.05, 0.1) is 5.56 Å². The first-order valence-electron chi connectivity index (χ1n) is 7.69. The van der Waals surface area contributed by atoms with Gasteiger partial charge >= 0.3 is 6.18 Å². The van der Waals surface area contributed by atoms with Crippen LogP contribution in [-0.2, 0) is 6.18 Å². The van der Waals surface area contributed by atoms with E-state index in [9.17, 15) is 31.1 Å². The molecule has 0 saturated heterocycles. The smallest absolute Gasteiger partial charge is 0.416 e. The van der Waals surface area contributed by atoms with E-state index in [0.717, 1.165) is 12.1 Å². The molecule has 0 unspecified atom stereocenters. The molecule has 3 rings (SSSR count). The van der Waals surface area contributed by atoms with Gasteiger partial charge in [0.1, 0.15) is 5.76 Å². The predicted molar refractivity (Wildman–Crippen MR) is 85.7 cm³/mol. The maximum Gasteiger partial charge on any atom is 0.416 e. The van der Waals surface area contributed by atoms with Gasteiger partial charge < -0.3 is 9.15 Å². The van der Waals surface area contributed by atoms with Gasteiger partial charge in [-0.1, -0.05) is 0 Å². The first kappa shape index (κ1) is 19.5. The molecule has 0 fully saturated rings. The number of alkyl halides is 3. The van der Waals surface area contributed by atoms with Gasteiger partial charge in [0, 0.05) is 5.56 Å². The standard InChI is InChI=1S/C19H10F6O3/c1-9-4-13(20)17(7-12(9)16-3-2-11(8-26)27-16)28-18-14(21)5-10(6-15(18)22)19(23,24)25/h2-8H,1H3. The van der Waals surface area contributed by atoms with Crippen LogP contribution < -0.4 is 4.74 Å². The summed E-state index contributed by atoms with van der Waals surface area (Å²) in [5.41, 5.74) is -0.917. The summed E-state index contributed by atoms with van der Waals surface area (Å²) in [7, 11) is 0. The number of benzene rings is 2. The highest BCUT2D eigenvalue weighted by Gasteiger charge is 2.33. The third kappa shape index (κ3) is 3.73. The molecule has 28 heavy (non-hydrogen) atoms. The zero-order valence-electron chi connectivity index (χ0n) is 14.0. The summed E-state index contributed by atoms with van der Waals surface area (Å²) in [4.78, 5) is 10.7. The Labute approximate surface area is 154 Å². The van der Waals surface area contributed by atoms with Crippen LogP contribution in [0, 0.1) is 24.4 Å². The molecule has 0 atom stereocenters. The molecule has 0 radical (unpaired) electrons. The molecular weight excluding hydrogens is 390 g/mol. The lowest BCUT2D eigenvalue weighted by molar-refractivity contribution is -0.138. The largest absolute Gasteiger partial charge is 0.453 e. The number of aldehydes is 1. The van der Waals surface area contributed by atoms with E-state index in [4.69, 9.17) is 9.15 Å². The molecule has 0 amide bonds. The maximum absolute atomic E-state index is 14.2. The third-order valence-corrected chi connectivity index (χ3v) is 3.82. The van der Waals surface area contributed by atoms with Crippen LogP contribution in [0.3, 0.4) is 0 Å². The molecule has 9 heteroatoms. The van der Waals surface area contributed by atoms with E-state index >= 15 is 0 Å². The van der Waals surface area contributed by atoms with Crippen LogP contribution in [0.1, 0.15) is 21.7 Å². The third-order valence-electron chi connectivity index (χ3n) is 3.82. The van der Waals surface area contributed by atoms with Gasteiger partial charge in [-0.2, -0.15) is 13.2 Å². The van der Waals surface area contributed by atoms with Crippen LogP contribution in [0.4, 0.5) is 26.3 Å². The summed E-state index contributed by atoms with van der Waals surface area (Å²) in [5.74, 6) is -5.94. The fraction of sp³-hybridized carbons (Fsp3) is 0.105. The fourth-order valence-electron chi connectivity index (χ4n) is 2.49. The van der Waals surface area contributed by atoms with Crippen molar-refractivity contribution >= 4 is 6.29 Å². The Morgan fingerprint density at radius 1 is 0.964 bits per heavy atom. The molecule has 0 aliphatic heterocycles. The van der Waals surface area contributed by atoms with E-state index < -0.39 is 40.7 Å². The van der Waals surface area contributed by atoms with E-state index in [1.807, 2.05) is 0 Å². The minimum atomic E-state index is -4.96. The summed E-state index contributed by atoms with van der Waals surface area (Å²) < 4.78 is 90.1. The number of carbonyl (C=O) groups excluding carboxylic acids is 1. The second-order valence-electron chi connectivity index (χ2n) is 5.79. The summed E-state index contributed by atoms with van der Waals surface area (Å²) >= 11 is 0. The van der Waals surface area contributed by atoms with Crippen molar-refractivity contribution in [3.05, 3.63) is 70.7 Å². The topological polar surface area (TPSA) is 39.4 Å². The molecular formula is C19H10F6O3. The van der Waals surface area contributed by atoms with Crippen molar-refractivity contribution in [3.8, 4) is 22.8 Å². The Hall–Kier alpha value is -3.23. The van der Waals surface area contributed by atoms with E-state index in [0.29, 0.717) is 11.8 Å². The second kappa shape index (κ2) is 7.06. The SMILES string of the molecule is Cc1cc(F)c(Oc2c(F)cc(C(F)(F)F)cc2F)cc1-c1ccc(C=O)o1. The Balaban J connectivity index is 2.03. The van der Waals surface area contributed by atoms with Gasteiger partial charge in [-0.3, -0.25) is 4.79 Å². The van der Waals surface area contributed by atoms with Crippen molar-refractivity contribution in [3.63, 3.8) is 0 Å². The molecule has 3 nitrogen and oxygen atoms in total. The quantitative estimate of drug-likeness (QED) is 0.381. The number of carbonyl (C=O) groups is 1. The van der Waals surface area contributed by atoms with Crippen LogP contribution >= 0.6 is 0 Å². The lowest BCUT2D eigenvalue weighted by Gasteiger charge is -2.13. The van der Waals surface area contributed by atoms with Crippen molar-refractivity contribution in [1.29, 1.82) is 0 Å². The first-order valence-corrected chi connectivity index (χ1v) is 7.69. The minimum Gasteiger partial charge on any atom is -0.453 e. The molecule has 3 aromatic rings. The predicted octanol–water partition coefficient (Wildman–Crippen LogP) is 6.30. The summed E-state index contributed by atoms with van der Waals surface area (Å²) in [6.45, 7) is 1.52. The van der Waals surface area contributed by atoms with Crippen LogP contribution in [0.15, 0.2) is 40.8 Å². The molecule has 0 aliphatic rings. The van der Waals surface area contributed by atoms with Crippen molar-refractivity contribution in [1.82, 2.24) is 0 Å². The number of hydrogen-bond acceptors (Lipinski definition) is 3. The Morgan fingerprint density at radius 3 is 2.14 bits per heavy atom. The summed E-state index contributed by atoms with van der Waals surface area (Å²) in [5, 5.41) is 0. The normalized spacial score (nSPS) is 11.5. The molecule has 0 bridgehead atoms. The van der Waals surface area contributed by atoms with E-state index in [1.54, 1.807) is 0 Å². The molecule has 0 N–H and O–H groups in total. The van der Waals surface area contributed by atoms with Gasteiger partial charge in [0.25, 0.3) is 0 Å². The number of ether oxygens (including phenoxy) is 1. The molecule has 0 aliphatic carbocycles. The van der Waals surface area contributed by atoms with Gasteiger partial charge in [-0.25, -0.2) is 13.2 Å². The van der Waals surface area contributed by atoms with Gasteiger partial charge in [-0.15, -0.1) is 0 Å². The van der Waals surface area contributed by atoms with Crippen molar-refractivity contribution in [2.24, 2.45) is 0 Å². The van der Waals surface area contributed by atoms with Crippen molar-refractivity contribution in [2.75, 3.05) is 0 Å². The zero-order valence-corrected chi connectivity index (χ0v) is 14.0. The number of hydrogen-bond donors (Lipinski definition) is 0. The van der Waals surface area contributed by atoms with Crippen LogP contribution in [-0.4, -0.2) is 6.29 Å². The fourth-order valence-corrected chi connectivity index (χ4v) is 2.49.